The second kappa shape index (κ2) is 4.24. The lowest BCUT2D eigenvalue weighted by Gasteiger charge is -2.12. The Kier molecular flexibility index (Phi) is 2.70. The maximum atomic E-state index is 11.8. The zero-order valence-corrected chi connectivity index (χ0v) is 10.7. The highest BCUT2D eigenvalue weighted by atomic mass is 16.2. The number of piperidine rings is 1. The van der Waals surface area contributed by atoms with Crippen molar-refractivity contribution >= 4 is 11.6 Å². The molecular weight excluding hydrogens is 228 g/mol. The van der Waals surface area contributed by atoms with Crippen LogP contribution in [0.4, 0.5) is 5.69 Å². The van der Waals surface area contributed by atoms with Crippen LogP contribution >= 0.6 is 0 Å². The van der Waals surface area contributed by atoms with E-state index in [2.05, 4.69) is 15.6 Å². The van der Waals surface area contributed by atoms with Gasteiger partial charge >= 0.3 is 0 Å². The van der Waals surface area contributed by atoms with Gasteiger partial charge in [-0.05, 0) is 24.0 Å². The summed E-state index contributed by atoms with van der Waals surface area (Å²) in [4.78, 5) is 17.5. The van der Waals surface area contributed by atoms with E-state index in [0.29, 0.717) is 11.7 Å². The second-order valence-electron chi connectivity index (χ2n) is 5.29. The van der Waals surface area contributed by atoms with Crippen molar-refractivity contribution in [1.82, 2.24) is 15.2 Å². The van der Waals surface area contributed by atoms with E-state index in [0.717, 1.165) is 30.6 Å². The molecule has 5 heteroatoms. The van der Waals surface area contributed by atoms with Crippen molar-refractivity contribution in [2.24, 2.45) is 11.8 Å². The molecular formula is C13H18N4O. The average molecular weight is 246 g/mol. The second-order valence-corrected chi connectivity index (χ2v) is 5.29. The zero-order chi connectivity index (χ0) is 12.7. The number of hydrogen-bond acceptors (Lipinski definition) is 4. The lowest BCUT2D eigenvalue weighted by atomic mass is 10.3. The largest absolute Gasteiger partial charge is 0.382 e. The summed E-state index contributed by atoms with van der Waals surface area (Å²) in [6, 6.07) is 4.33. The molecule has 2 heterocycles. The summed E-state index contributed by atoms with van der Waals surface area (Å²) in [6.07, 6.45) is 1.69. The molecule has 96 valence electrons. The van der Waals surface area contributed by atoms with Crippen LogP contribution in [-0.2, 0) is 0 Å². The Hall–Kier alpha value is -1.62. The minimum Gasteiger partial charge on any atom is -0.382 e. The molecule has 0 bridgehead atoms. The SMILES string of the molecule is CN(C)C(=O)c1cc(NC2C3CNCC32)ccn1. The number of aromatic nitrogens is 1. The number of nitrogens with zero attached hydrogens (tertiary/aromatic N) is 2. The van der Waals surface area contributed by atoms with E-state index in [1.165, 1.54) is 0 Å². The van der Waals surface area contributed by atoms with Gasteiger partial charge in [0.05, 0.1) is 0 Å². The molecule has 0 radical (unpaired) electrons. The normalized spacial score (nSPS) is 28.7. The number of carbonyl (C=O) groups is 1. The summed E-state index contributed by atoms with van der Waals surface area (Å²) in [5.74, 6) is 1.45. The van der Waals surface area contributed by atoms with Crippen molar-refractivity contribution in [2.45, 2.75) is 6.04 Å². The van der Waals surface area contributed by atoms with Crippen LogP contribution in [0, 0.1) is 11.8 Å². The van der Waals surface area contributed by atoms with Crippen molar-refractivity contribution in [3.63, 3.8) is 0 Å². The molecule has 18 heavy (non-hydrogen) atoms. The van der Waals surface area contributed by atoms with Crippen molar-refractivity contribution in [1.29, 1.82) is 0 Å². The van der Waals surface area contributed by atoms with E-state index in [1.807, 2.05) is 12.1 Å². The summed E-state index contributed by atoms with van der Waals surface area (Å²) in [7, 11) is 3.47. The Morgan fingerprint density at radius 1 is 1.44 bits per heavy atom. The number of amides is 1. The molecule has 2 aliphatic rings. The third kappa shape index (κ3) is 1.95. The van der Waals surface area contributed by atoms with Gasteiger partial charge in [-0.3, -0.25) is 9.78 Å². The molecule has 1 aromatic heterocycles. The predicted octanol–water partition coefficient (Wildman–Crippen LogP) is 0.413. The average Bonchev–Trinajstić information content (AvgIpc) is 2.81. The number of anilines is 1. The van der Waals surface area contributed by atoms with Crippen molar-refractivity contribution in [3.8, 4) is 0 Å². The van der Waals surface area contributed by atoms with Crippen LogP contribution in [0.2, 0.25) is 0 Å². The van der Waals surface area contributed by atoms with Crippen molar-refractivity contribution in [2.75, 3.05) is 32.5 Å². The van der Waals surface area contributed by atoms with E-state index in [1.54, 1.807) is 25.2 Å². The lowest BCUT2D eigenvalue weighted by molar-refractivity contribution is 0.0822. The highest BCUT2D eigenvalue weighted by Gasteiger charge is 2.52. The van der Waals surface area contributed by atoms with Crippen LogP contribution in [-0.4, -0.2) is 49.0 Å². The van der Waals surface area contributed by atoms with E-state index in [9.17, 15) is 4.79 Å². The first-order valence-electron chi connectivity index (χ1n) is 6.32. The van der Waals surface area contributed by atoms with E-state index in [4.69, 9.17) is 0 Å². The number of hydrogen-bond donors (Lipinski definition) is 2. The molecule has 2 atom stereocenters. The Morgan fingerprint density at radius 3 is 2.83 bits per heavy atom. The van der Waals surface area contributed by atoms with Gasteiger partial charge in [0.25, 0.3) is 5.91 Å². The molecule has 2 N–H and O–H groups in total. The topological polar surface area (TPSA) is 57.3 Å². The van der Waals surface area contributed by atoms with Crippen molar-refractivity contribution in [3.05, 3.63) is 24.0 Å². The van der Waals surface area contributed by atoms with Gasteiger partial charge in [-0.2, -0.15) is 0 Å². The van der Waals surface area contributed by atoms with E-state index >= 15 is 0 Å². The predicted molar refractivity (Wildman–Crippen MR) is 69.5 cm³/mol. The molecule has 1 saturated heterocycles. The van der Waals surface area contributed by atoms with Gasteiger partial charge in [0.2, 0.25) is 0 Å². The zero-order valence-electron chi connectivity index (χ0n) is 10.7. The third-order valence-electron chi connectivity index (χ3n) is 3.81. The molecule has 1 saturated carbocycles. The molecule has 2 fully saturated rings. The first kappa shape index (κ1) is 11.5. The number of rotatable bonds is 3. The van der Waals surface area contributed by atoms with E-state index in [-0.39, 0.29) is 5.91 Å². The molecule has 1 aliphatic heterocycles. The minimum absolute atomic E-state index is 0.0590. The number of carbonyl (C=O) groups excluding carboxylic acids is 1. The molecule has 0 spiro atoms. The summed E-state index contributed by atoms with van der Waals surface area (Å²) in [6.45, 7) is 2.22. The first-order valence-corrected chi connectivity index (χ1v) is 6.32. The Labute approximate surface area is 107 Å². The first-order chi connectivity index (χ1) is 8.66. The summed E-state index contributed by atoms with van der Waals surface area (Å²) in [5, 5.41) is 6.87. The molecule has 1 amide bonds. The minimum atomic E-state index is -0.0590. The highest BCUT2D eigenvalue weighted by Crippen LogP contribution is 2.43. The van der Waals surface area contributed by atoms with Crippen LogP contribution < -0.4 is 10.6 Å². The quantitative estimate of drug-likeness (QED) is 0.811. The smallest absolute Gasteiger partial charge is 0.272 e. The summed E-state index contributed by atoms with van der Waals surface area (Å²) in [5.41, 5.74) is 1.49. The third-order valence-corrected chi connectivity index (χ3v) is 3.81. The fraction of sp³-hybridized carbons (Fsp3) is 0.538. The highest BCUT2D eigenvalue weighted by molar-refractivity contribution is 5.92. The Bertz CT molecular complexity index is 464. The van der Waals surface area contributed by atoms with Gasteiger partial charge in [0.15, 0.2) is 0 Å². The van der Waals surface area contributed by atoms with Crippen LogP contribution in [0.5, 0.6) is 0 Å². The number of nitrogens with one attached hydrogen (secondary N) is 2. The van der Waals surface area contributed by atoms with Gasteiger partial charge in [-0.1, -0.05) is 0 Å². The van der Waals surface area contributed by atoms with Crippen molar-refractivity contribution < 1.29 is 4.79 Å². The lowest BCUT2D eigenvalue weighted by Crippen LogP contribution is -2.23. The standard InChI is InChI=1S/C13H18N4O/c1-17(2)13(18)11-5-8(3-4-15-11)16-12-9-6-14-7-10(9)12/h3-5,9-10,12,14H,6-7H2,1-2H3,(H,15,16). The summed E-state index contributed by atoms with van der Waals surface area (Å²) < 4.78 is 0. The maximum Gasteiger partial charge on any atom is 0.272 e. The van der Waals surface area contributed by atoms with Crippen LogP contribution in [0.1, 0.15) is 10.5 Å². The van der Waals surface area contributed by atoms with Gasteiger partial charge < -0.3 is 15.5 Å². The fourth-order valence-electron chi connectivity index (χ4n) is 2.69. The Balaban J connectivity index is 1.70. The maximum absolute atomic E-state index is 11.8. The van der Waals surface area contributed by atoms with Gasteiger partial charge in [-0.25, -0.2) is 0 Å². The van der Waals surface area contributed by atoms with Gasteiger partial charge in [0.1, 0.15) is 5.69 Å². The summed E-state index contributed by atoms with van der Waals surface area (Å²) >= 11 is 0. The van der Waals surface area contributed by atoms with Gasteiger partial charge in [-0.15, -0.1) is 0 Å². The monoisotopic (exact) mass is 246 g/mol. The fourth-order valence-corrected chi connectivity index (χ4v) is 2.69. The van der Waals surface area contributed by atoms with Gasteiger partial charge in [0, 0.05) is 45.1 Å². The molecule has 5 nitrogen and oxygen atoms in total. The molecule has 0 aromatic carbocycles. The number of fused-ring (bicyclic) bond motifs is 1. The van der Waals surface area contributed by atoms with Crippen LogP contribution in [0.3, 0.4) is 0 Å². The molecule has 3 rings (SSSR count). The molecule has 1 aromatic rings. The van der Waals surface area contributed by atoms with Crippen LogP contribution in [0.15, 0.2) is 18.3 Å². The van der Waals surface area contributed by atoms with E-state index < -0.39 is 0 Å². The Morgan fingerprint density at radius 2 is 2.17 bits per heavy atom. The van der Waals surface area contributed by atoms with Crippen LogP contribution in [0.25, 0.3) is 0 Å². The molecule has 1 aliphatic carbocycles. The number of pyridine rings is 1. The molecule has 2 unspecified atom stereocenters.